The Kier molecular flexibility index (Phi) is 5.68. The smallest absolute Gasteiger partial charge is 0.328 e. The highest BCUT2D eigenvalue weighted by atomic mass is 16.6. The van der Waals surface area contributed by atoms with E-state index in [2.05, 4.69) is 10.3 Å². The van der Waals surface area contributed by atoms with Crippen molar-refractivity contribution in [2.75, 3.05) is 12.4 Å². The maximum Gasteiger partial charge on any atom is 0.328 e. The van der Waals surface area contributed by atoms with Gasteiger partial charge < -0.3 is 10.1 Å². The van der Waals surface area contributed by atoms with Crippen LogP contribution in [0, 0.1) is 16.0 Å². The molecule has 0 aliphatic heterocycles. The third-order valence-electron chi connectivity index (χ3n) is 4.07. The van der Waals surface area contributed by atoms with Crippen LogP contribution in [0.2, 0.25) is 0 Å². The molecule has 1 fully saturated rings. The summed E-state index contributed by atoms with van der Waals surface area (Å²) in [5.41, 5.74) is -0.139. The van der Waals surface area contributed by atoms with E-state index in [1.54, 1.807) is 0 Å². The fourth-order valence-corrected chi connectivity index (χ4v) is 2.93. The van der Waals surface area contributed by atoms with E-state index in [-0.39, 0.29) is 11.5 Å². The average Bonchev–Trinajstić information content (AvgIpc) is 2.54. The number of carbonyl (C=O) groups excluding carboxylic acids is 1. The van der Waals surface area contributed by atoms with Crippen LogP contribution in [0.25, 0.3) is 0 Å². The highest BCUT2D eigenvalue weighted by molar-refractivity contribution is 5.79. The summed E-state index contributed by atoms with van der Waals surface area (Å²) in [5, 5.41) is 13.9. The van der Waals surface area contributed by atoms with Crippen molar-refractivity contribution in [3.05, 3.63) is 28.4 Å². The number of carbonyl (C=O) groups is 1. The highest BCUT2D eigenvalue weighted by Crippen LogP contribution is 2.29. The third-order valence-corrected chi connectivity index (χ3v) is 4.07. The molecule has 1 N–H and O–H groups in total. The second-order valence-electron chi connectivity index (χ2n) is 5.59. The van der Waals surface area contributed by atoms with Crippen molar-refractivity contribution in [1.29, 1.82) is 0 Å². The molecule has 1 saturated carbocycles. The summed E-state index contributed by atoms with van der Waals surface area (Å²) in [5.74, 6) is 0.136. The number of nitrogens with one attached hydrogen (secondary N) is 1. The van der Waals surface area contributed by atoms with Gasteiger partial charge in [0.1, 0.15) is 6.04 Å². The van der Waals surface area contributed by atoms with Gasteiger partial charge in [-0.05, 0) is 18.4 Å². The molecule has 1 aromatic heterocycles. The Bertz CT molecular complexity index is 529. The molecule has 2 rings (SSSR count). The number of hydrogen-bond acceptors (Lipinski definition) is 6. The molecule has 0 amide bonds. The lowest BCUT2D eigenvalue weighted by atomic mass is 9.85. The number of rotatable bonds is 6. The molecular formula is C15H21N3O4. The molecule has 7 heteroatoms. The van der Waals surface area contributed by atoms with Gasteiger partial charge in [0.05, 0.1) is 12.0 Å². The zero-order valence-corrected chi connectivity index (χ0v) is 12.7. The molecule has 0 unspecified atom stereocenters. The summed E-state index contributed by atoms with van der Waals surface area (Å²) in [6.07, 6.45) is 7.81. The van der Waals surface area contributed by atoms with E-state index in [0.717, 1.165) is 12.8 Å². The number of ether oxygens (including phenoxy) is 1. The first-order valence-electron chi connectivity index (χ1n) is 7.55. The normalized spacial score (nSPS) is 16.8. The zero-order chi connectivity index (χ0) is 15.9. The van der Waals surface area contributed by atoms with Crippen LogP contribution >= 0.6 is 0 Å². The van der Waals surface area contributed by atoms with Crippen molar-refractivity contribution in [1.82, 2.24) is 4.98 Å². The van der Waals surface area contributed by atoms with Gasteiger partial charge in [-0.3, -0.25) is 10.1 Å². The summed E-state index contributed by atoms with van der Waals surface area (Å²) in [6.45, 7) is 0. The van der Waals surface area contributed by atoms with Crippen LogP contribution in [0.4, 0.5) is 11.5 Å². The number of hydrogen-bond donors (Lipinski definition) is 1. The summed E-state index contributed by atoms with van der Waals surface area (Å²) in [4.78, 5) is 26.5. The molecule has 1 aliphatic carbocycles. The third kappa shape index (κ3) is 4.16. The summed E-state index contributed by atoms with van der Waals surface area (Å²) in [7, 11) is 1.32. The number of nitro groups is 1. The quantitative estimate of drug-likeness (QED) is 0.493. The first kappa shape index (κ1) is 16.2. The molecule has 0 saturated heterocycles. The largest absolute Gasteiger partial charge is 0.467 e. The summed E-state index contributed by atoms with van der Waals surface area (Å²) >= 11 is 0. The number of methoxy groups -OCH3 is 1. The first-order valence-corrected chi connectivity index (χ1v) is 7.55. The van der Waals surface area contributed by atoms with Crippen molar-refractivity contribution in [3.63, 3.8) is 0 Å². The molecule has 0 aromatic carbocycles. The second kappa shape index (κ2) is 7.72. The molecule has 0 radical (unpaired) electrons. The average molecular weight is 307 g/mol. The van der Waals surface area contributed by atoms with Gasteiger partial charge >= 0.3 is 11.7 Å². The van der Waals surface area contributed by atoms with Gasteiger partial charge in [0.25, 0.3) is 0 Å². The van der Waals surface area contributed by atoms with Crippen LogP contribution in [0.3, 0.4) is 0 Å². The van der Waals surface area contributed by atoms with E-state index in [4.69, 9.17) is 4.74 Å². The van der Waals surface area contributed by atoms with Crippen molar-refractivity contribution >= 4 is 17.5 Å². The van der Waals surface area contributed by atoms with Crippen LogP contribution in [0.1, 0.15) is 38.5 Å². The SMILES string of the molecule is COC(=O)[C@@H](CC1CCCCC1)Nc1ncccc1[N+](=O)[O-]. The van der Waals surface area contributed by atoms with Gasteiger partial charge in [-0.25, -0.2) is 9.78 Å². The molecule has 1 atom stereocenters. The van der Waals surface area contributed by atoms with Crippen LogP contribution in [-0.4, -0.2) is 29.0 Å². The summed E-state index contributed by atoms with van der Waals surface area (Å²) in [6, 6.07) is 2.25. The van der Waals surface area contributed by atoms with Crippen LogP contribution in [0.5, 0.6) is 0 Å². The van der Waals surface area contributed by atoms with Crippen LogP contribution < -0.4 is 5.32 Å². The Labute approximate surface area is 129 Å². The molecule has 120 valence electrons. The second-order valence-corrected chi connectivity index (χ2v) is 5.59. The summed E-state index contributed by atoms with van der Waals surface area (Å²) < 4.78 is 4.83. The van der Waals surface area contributed by atoms with Gasteiger partial charge in [0.2, 0.25) is 5.82 Å². The number of pyridine rings is 1. The van der Waals surface area contributed by atoms with Gasteiger partial charge in [-0.15, -0.1) is 0 Å². The van der Waals surface area contributed by atoms with Gasteiger partial charge in [-0.2, -0.15) is 0 Å². The Morgan fingerprint density at radius 1 is 1.50 bits per heavy atom. The zero-order valence-electron chi connectivity index (χ0n) is 12.7. The minimum Gasteiger partial charge on any atom is -0.467 e. The molecule has 0 spiro atoms. The molecule has 1 aromatic rings. The monoisotopic (exact) mass is 307 g/mol. The molecule has 1 aliphatic rings. The molecular weight excluding hydrogens is 286 g/mol. The van der Waals surface area contributed by atoms with E-state index in [1.165, 1.54) is 44.7 Å². The minimum atomic E-state index is -0.610. The van der Waals surface area contributed by atoms with Crippen molar-refractivity contribution in [2.45, 2.75) is 44.6 Å². The predicted octanol–water partition coefficient (Wildman–Crippen LogP) is 2.91. The lowest BCUT2D eigenvalue weighted by Crippen LogP contribution is -2.34. The van der Waals surface area contributed by atoms with Crippen molar-refractivity contribution in [2.24, 2.45) is 5.92 Å². The Balaban J connectivity index is 2.12. The molecule has 0 bridgehead atoms. The van der Waals surface area contributed by atoms with Gasteiger partial charge in [0.15, 0.2) is 0 Å². The van der Waals surface area contributed by atoms with E-state index in [0.29, 0.717) is 12.3 Å². The fraction of sp³-hybridized carbons (Fsp3) is 0.600. The van der Waals surface area contributed by atoms with E-state index in [1.807, 2.05) is 0 Å². The maximum absolute atomic E-state index is 12.0. The molecule has 7 nitrogen and oxygen atoms in total. The minimum absolute atomic E-state index is 0.110. The Morgan fingerprint density at radius 3 is 2.86 bits per heavy atom. The Hall–Kier alpha value is -2.18. The van der Waals surface area contributed by atoms with Crippen molar-refractivity contribution in [3.8, 4) is 0 Å². The van der Waals surface area contributed by atoms with Gasteiger partial charge in [-0.1, -0.05) is 32.1 Å². The predicted molar refractivity (Wildman–Crippen MR) is 81.5 cm³/mol. The number of anilines is 1. The number of nitrogens with zero attached hydrogens (tertiary/aromatic N) is 2. The van der Waals surface area contributed by atoms with E-state index >= 15 is 0 Å². The molecule has 1 heterocycles. The van der Waals surface area contributed by atoms with Crippen molar-refractivity contribution < 1.29 is 14.5 Å². The van der Waals surface area contributed by atoms with Crippen LogP contribution in [0.15, 0.2) is 18.3 Å². The van der Waals surface area contributed by atoms with Gasteiger partial charge in [0, 0.05) is 12.3 Å². The molecule has 22 heavy (non-hydrogen) atoms. The standard InChI is InChI=1S/C15H21N3O4/c1-22-15(19)12(10-11-6-3-2-4-7-11)17-14-13(18(20)21)8-5-9-16-14/h5,8-9,11-12H,2-4,6-7,10H2,1H3,(H,16,17)/t12-/m1/s1. The first-order chi connectivity index (χ1) is 10.6. The Morgan fingerprint density at radius 2 is 2.23 bits per heavy atom. The topological polar surface area (TPSA) is 94.4 Å². The number of esters is 1. The lowest BCUT2D eigenvalue weighted by Gasteiger charge is -2.25. The lowest BCUT2D eigenvalue weighted by molar-refractivity contribution is -0.384. The fourth-order valence-electron chi connectivity index (χ4n) is 2.93. The van der Waals surface area contributed by atoms with Crippen LogP contribution in [-0.2, 0) is 9.53 Å². The number of aromatic nitrogens is 1. The van der Waals surface area contributed by atoms with E-state index < -0.39 is 16.9 Å². The highest BCUT2D eigenvalue weighted by Gasteiger charge is 2.27. The maximum atomic E-state index is 12.0. The van der Waals surface area contributed by atoms with E-state index in [9.17, 15) is 14.9 Å².